The molecular formula is C36H55N3O6. The number of ether oxygens (including phenoxy) is 3. The Morgan fingerprint density at radius 3 is 2.56 bits per heavy atom. The summed E-state index contributed by atoms with van der Waals surface area (Å²) in [7, 11) is 0. The van der Waals surface area contributed by atoms with Crippen molar-refractivity contribution < 1.29 is 29.1 Å². The average molecular weight is 626 g/mol. The first kappa shape index (κ1) is 30.0. The highest BCUT2D eigenvalue weighted by Crippen LogP contribution is 2.66. The molecule has 1 aromatic heterocycles. The summed E-state index contributed by atoms with van der Waals surface area (Å²) in [6.45, 7) is 12.7. The Kier molecular flexibility index (Phi) is 6.80. The van der Waals surface area contributed by atoms with E-state index in [1.54, 1.807) is 0 Å². The molecule has 9 nitrogen and oxygen atoms in total. The van der Waals surface area contributed by atoms with Gasteiger partial charge in [0.15, 0.2) is 18.2 Å². The lowest BCUT2D eigenvalue weighted by molar-refractivity contribution is -0.577. The van der Waals surface area contributed by atoms with E-state index >= 15 is 0 Å². The third kappa shape index (κ3) is 4.12. The van der Waals surface area contributed by atoms with Gasteiger partial charge in [-0.2, -0.15) is 0 Å². The number of nitrogens with zero attached hydrogens (tertiary/aromatic N) is 3. The predicted octanol–water partition coefficient (Wildman–Crippen LogP) is 5.82. The third-order valence-corrected chi connectivity index (χ3v) is 15.6. The molecule has 1 aromatic rings. The Bertz CT molecular complexity index is 1320. The molecule has 9 heteroatoms. The summed E-state index contributed by atoms with van der Waals surface area (Å²) in [6, 6.07) is 0. The van der Waals surface area contributed by atoms with Gasteiger partial charge in [0.2, 0.25) is 5.79 Å². The SMILES string of the molecule is C[C@@H]1CC[C@H]2[C@@H](C)C(OCCn3nnc4c3C[C@@H]3CC[C@@H]5[C@H](CC[C@]6(C)[C@@H](O)CC[C@@H]56)[C@@]3(C)C4)O[C@@H]3O[C@@]4(C)CC[C@@H]1[C@]32OO4. The van der Waals surface area contributed by atoms with Gasteiger partial charge >= 0.3 is 0 Å². The topological polar surface area (TPSA) is 97.1 Å². The van der Waals surface area contributed by atoms with Crippen molar-refractivity contribution in [2.75, 3.05) is 6.61 Å². The third-order valence-electron chi connectivity index (χ3n) is 15.6. The van der Waals surface area contributed by atoms with Crippen LogP contribution in [0.15, 0.2) is 0 Å². The molecule has 0 amide bonds. The molecule has 4 aliphatic heterocycles. The van der Waals surface area contributed by atoms with Gasteiger partial charge in [-0.05, 0) is 124 Å². The van der Waals surface area contributed by atoms with Crippen molar-refractivity contribution in [2.24, 2.45) is 58.2 Å². The Morgan fingerprint density at radius 1 is 0.889 bits per heavy atom. The van der Waals surface area contributed by atoms with Gasteiger partial charge in [-0.1, -0.05) is 32.9 Å². The maximum atomic E-state index is 10.9. The van der Waals surface area contributed by atoms with Crippen LogP contribution in [0.25, 0.3) is 0 Å². The van der Waals surface area contributed by atoms with Gasteiger partial charge in [0.1, 0.15) is 0 Å². The van der Waals surface area contributed by atoms with Crippen LogP contribution >= 0.6 is 0 Å². The second-order valence-corrected chi connectivity index (χ2v) is 17.5. The zero-order valence-corrected chi connectivity index (χ0v) is 28.1. The summed E-state index contributed by atoms with van der Waals surface area (Å²) >= 11 is 0. The minimum absolute atomic E-state index is 0.110. The first-order chi connectivity index (χ1) is 21.6. The summed E-state index contributed by atoms with van der Waals surface area (Å²) in [5, 5.41) is 20.3. The Morgan fingerprint density at radius 2 is 1.69 bits per heavy atom. The van der Waals surface area contributed by atoms with E-state index in [0.29, 0.717) is 36.8 Å². The molecular weight excluding hydrogens is 570 g/mol. The lowest BCUT2D eigenvalue weighted by Gasteiger charge is -2.60. The minimum atomic E-state index is -0.772. The number of aliphatic hydroxyl groups is 1. The summed E-state index contributed by atoms with van der Waals surface area (Å²) in [5.41, 5.74) is 2.37. The minimum Gasteiger partial charge on any atom is -0.393 e. The van der Waals surface area contributed by atoms with Gasteiger partial charge < -0.3 is 19.3 Å². The Balaban J connectivity index is 0.886. The molecule has 9 aliphatic rings. The van der Waals surface area contributed by atoms with Crippen LogP contribution in [0.5, 0.6) is 0 Å². The van der Waals surface area contributed by atoms with Crippen molar-refractivity contribution >= 4 is 0 Å². The van der Waals surface area contributed by atoms with Gasteiger partial charge in [0.05, 0.1) is 30.6 Å². The number of aromatic nitrogens is 3. The van der Waals surface area contributed by atoms with Crippen molar-refractivity contribution in [3.05, 3.63) is 11.4 Å². The number of rotatable bonds is 4. The number of fused-ring (bicyclic) bond motifs is 8. The van der Waals surface area contributed by atoms with Gasteiger partial charge in [0.25, 0.3) is 0 Å². The fourth-order valence-corrected chi connectivity index (χ4v) is 12.9. The zero-order chi connectivity index (χ0) is 30.9. The van der Waals surface area contributed by atoms with Crippen LogP contribution in [0, 0.1) is 58.2 Å². The van der Waals surface area contributed by atoms with E-state index < -0.39 is 17.7 Å². The van der Waals surface area contributed by atoms with Gasteiger partial charge in [-0.3, -0.25) is 0 Å². The second-order valence-electron chi connectivity index (χ2n) is 17.5. The van der Waals surface area contributed by atoms with Crippen molar-refractivity contribution in [1.82, 2.24) is 15.0 Å². The fourth-order valence-electron chi connectivity index (χ4n) is 12.9. The second kappa shape index (κ2) is 10.2. The van der Waals surface area contributed by atoms with E-state index in [9.17, 15) is 5.11 Å². The highest BCUT2D eigenvalue weighted by molar-refractivity contribution is 5.22. The molecule has 2 bridgehead atoms. The van der Waals surface area contributed by atoms with Gasteiger partial charge in [-0.25, -0.2) is 14.5 Å². The van der Waals surface area contributed by atoms with Gasteiger partial charge in [0, 0.05) is 18.3 Å². The summed E-state index contributed by atoms with van der Waals surface area (Å²) in [6.07, 6.45) is 12.5. The van der Waals surface area contributed by atoms with E-state index in [1.807, 2.05) is 6.92 Å². The number of aliphatic hydroxyl groups excluding tert-OH is 1. The monoisotopic (exact) mass is 625 g/mol. The van der Waals surface area contributed by atoms with Crippen LogP contribution in [0.1, 0.15) is 110 Å². The highest BCUT2D eigenvalue weighted by atomic mass is 17.3. The van der Waals surface area contributed by atoms with E-state index in [-0.39, 0.29) is 35.1 Å². The molecule has 0 radical (unpaired) electrons. The lowest BCUT2D eigenvalue weighted by Crippen LogP contribution is -2.70. The molecule has 4 saturated carbocycles. The smallest absolute Gasteiger partial charge is 0.201 e. The molecule has 8 fully saturated rings. The molecule has 4 saturated heterocycles. The number of hydrogen-bond acceptors (Lipinski definition) is 8. The largest absolute Gasteiger partial charge is 0.393 e. The van der Waals surface area contributed by atoms with Crippen LogP contribution < -0.4 is 0 Å². The summed E-state index contributed by atoms with van der Waals surface area (Å²) in [5.74, 6) is 3.41. The van der Waals surface area contributed by atoms with Crippen molar-refractivity contribution in [1.29, 1.82) is 0 Å². The molecule has 1 unspecified atom stereocenters. The van der Waals surface area contributed by atoms with E-state index in [0.717, 1.165) is 50.4 Å². The zero-order valence-electron chi connectivity index (χ0n) is 28.1. The molecule has 45 heavy (non-hydrogen) atoms. The molecule has 10 rings (SSSR count). The highest BCUT2D eigenvalue weighted by Gasteiger charge is 2.69. The van der Waals surface area contributed by atoms with Crippen molar-refractivity contribution in [3.63, 3.8) is 0 Å². The molecule has 0 aromatic carbocycles. The first-order valence-electron chi connectivity index (χ1n) is 18.5. The van der Waals surface area contributed by atoms with Crippen molar-refractivity contribution in [3.8, 4) is 0 Å². The molecule has 1 spiro atoms. The predicted molar refractivity (Wildman–Crippen MR) is 164 cm³/mol. The Hall–Kier alpha value is -1.10. The normalized spacial score (nSPS) is 54.8. The van der Waals surface area contributed by atoms with E-state index in [1.165, 1.54) is 49.9 Å². The quantitative estimate of drug-likeness (QED) is 0.418. The van der Waals surface area contributed by atoms with Crippen molar-refractivity contribution in [2.45, 2.75) is 148 Å². The fraction of sp³-hybridized carbons (Fsp3) is 0.944. The van der Waals surface area contributed by atoms with Crippen LogP contribution in [-0.4, -0.2) is 56.8 Å². The van der Waals surface area contributed by atoms with Gasteiger partial charge in [-0.15, -0.1) is 5.10 Å². The summed E-state index contributed by atoms with van der Waals surface area (Å²) < 4.78 is 21.9. The Labute approximate surface area is 268 Å². The van der Waals surface area contributed by atoms with Crippen LogP contribution in [0.3, 0.4) is 0 Å². The average Bonchev–Trinajstić information content (AvgIpc) is 3.44. The van der Waals surface area contributed by atoms with E-state index in [2.05, 4.69) is 32.4 Å². The van der Waals surface area contributed by atoms with E-state index in [4.69, 9.17) is 34.3 Å². The molecule has 250 valence electrons. The molecule has 5 aliphatic carbocycles. The molecule has 15 atom stereocenters. The van der Waals surface area contributed by atoms with Crippen LogP contribution in [-0.2, 0) is 43.4 Å². The standard InChI is InChI=1S/C36H55N3O6/c1-20-6-9-25-21(2)31(42-32-36(25)24(20)13-15-35(5,43-32)44-45-36)41-17-16-39-29-18-22-7-8-23-26-10-11-30(40)33(26,3)14-12-27(23)34(22,4)19-28(29)37-38-39/h20-27,30-32,40H,6-19H2,1-5H3/t20-,21-,22+,23+,24+,25+,26+,27+,30+,31?,32-,33+,34+,35-,36-/m1/s1. The molecule has 1 N–H and O–H groups in total. The summed E-state index contributed by atoms with van der Waals surface area (Å²) in [4.78, 5) is 12.3. The first-order valence-corrected chi connectivity index (χ1v) is 18.5. The lowest BCUT2D eigenvalue weighted by atomic mass is 9.45. The maximum Gasteiger partial charge on any atom is 0.201 e. The number of hydrogen-bond donors (Lipinski definition) is 1. The maximum absolute atomic E-state index is 10.9. The molecule has 5 heterocycles. The van der Waals surface area contributed by atoms with Crippen LogP contribution in [0.4, 0.5) is 0 Å². The van der Waals surface area contributed by atoms with Crippen LogP contribution in [0.2, 0.25) is 0 Å².